The number of Topliss-reactive ketones (excluding diaryl/α,β-unsaturated/α-hetero) is 1. The molecule has 0 radical (unpaired) electrons. The van der Waals surface area contributed by atoms with Crippen LogP contribution in [0.25, 0.3) is 0 Å². The predicted molar refractivity (Wildman–Crippen MR) is 111 cm³/mol. The Morgan fingerprint density at radius 1 is 0.966 bits per heavy atom. The molecule has 1 amide bonds. The van der Waals surface area contributed by atoms with Crippen LogP contribution < -0.4 is 15.6 Å². The molecule has 154 valence electrons. The fraction of sp³-hybridized carbons (Fsp3) is 0.333. The lowest BCUT2D eigenvalue weighted by Crippen LogP contribution is -2.29. The second kappa shape index (κ2) is 9.19. The van der Waals surface area contributed by atoms with E-state index in [-0.39, 0.29) is 35.5 Å². The molecule has 3 N–H and O–H groups in total. The molecule has 29 heavy (non-hydrogen) atoms. The molecule has 1 aliphatic rings. The van der Waals surface area contributed by atoms with Crippen molar-refractivity contribution >= 4 is 27.4 Å². The number of ketones is 1. The first-order valence-electron chi connectivity index (χ1n) is 9.67. The number of hydrogen-bond donors (Lipinski definition) is 3. The number of hydrazine groups is 1. The van der Waals surface area contributed by atoms with E-state index in [1.807, 2.05) is 19.1 Å². The maximum absolute atomic E-state index is 12.2. The lowest BCUT2D eigenvalue weighted by molar-refractivity contribution is -0.120. The summed E-state index contributed by atoms with van der Waals surface area (Å²) in [5.41, 5.74) is 7.55. The molecule has 0 unspecified atom stereocenters. The molecule has 0 atom stereocenters. The van der Waals surface area contributed by atoms with E-state index < -0.39 is 10.0 Å². The molecule has 0 aromatic heterocycles. The van der Waals surface area contributed by atoms with Crippen LogP contribution in [0.3, 0.4) is 0 Å². The van der Waals surface area contributed by atoms with Gasteiger partial charge in [-0.15, -0.1) is 0 Å². The first kappa shape index (κ1) is 21.0. The van der Waals surface area contributed by atoms with Crippen molar-refractivity contribution in [3.8, 4) is 0 Å². The topological polar surface area (TPSA) is 104 Å². The fourth-order valence-corrected chi connectivity index (χ4v) is 4.01. The van der Waals surface area contributed by atoms with Crippen molar-refractivity contribution in [2.75, 3.05) is 5.43 Å². The third-order valence-corrected chi connectivity index (χ3v) is 6.21. The minimum absolute atomic E-state index is 0.0457. The number of benzene rings is 2. The van der Waals surface area contributed by atoms with Gasteiger partial charge in [-0.05, 0) is 49.1 Å². The van der Waals surface area contributed by atoms with Crippen LogP contribution in [0.5, 0.6) is 0 Å². The maximum atomic E-state index is 12.2. The molecule has 2 aromatic rings. The number of carbonyl (C=O) groups excluding carboxylic acids is 2. The van der Waals surface area contributed by atoms with E-state index in [1.165, 1.54) is 12.1 Å². The van der Waals surface area contributed by atoms with Gasteiger partial charge in [0.2, 0.25) is 15.9 Å². The largest absolute Gasteiger partial charge is 0.299 e. The lowest BCUT2D eigenvalue weighted by atomic mass is 10.0. The molecule has 0 spiro atoms. The number of sulfonamides is 1. The number of nitrogens with one attached hydrogen (secondary N) is 3. The average molecular weight is 416 g/mol. The van der Waals surface area contributed by atoms with Gasteiger partial charge in [0, 0.05) is 24.4 Å². The number of amides is 1. The quantitative estimate of drug-likeness (QED) is 0.409. The van der Waals surface area contributed by atoms with Gasteiger partial charge in [0.1, 0.15) is 0 Å². The lowest BCUT2D eigenvalue weighted by Gasteiger charge is -2.10. The highest BCUT2D eigenvalue weighted by atomic mass is 32.2. The van der Waals surface area contributed by atoms with Gasteiger partial charge in [-0.3, -0.25) is 20.4 Å². The normalized spacial score (nSPS) is 13.7. The number of aryl methyl sites for hydroxylation is 1. The minimum Gasteiger partial charge on any atom is -0.299 e. The van der Waals surface area contributed by atoms with Crippen molar-refractivity contribution in [1.29, 1.82) is 0 Å². The van der Waals surface area contributed by atoms with E-state index in [1.54, 1.807) is 24.3 Å². The standard InChI is InChI=1S/C21H25N3O4S/c1-2-15-3-5-16(6-4-15)20(25)13-14-21(26)23-22-17-9-11-19(12-10-17)29(27,28)24-18-7-8-18/h3-6,9-12,18,22,24H,2,7-8,13-14H2,1H3,(H,23,26). The Morgan fingerprint density at radius 2 is 1.62 bits per heavy atom. The Kier molecular flexibility index (Phi) is 6.66. The summed E-state index contributed by atoms with van der Waals surface area (Å²) in [5.74, 6) is -0.406. The van der Waals surface area contributed by atoms with Gasteiger partial charge in [0.25, 0.3) is 0 Å². The average Bonchev–Trinajstić information content (AvgIpc) is 3.54. The van der Waals surface area contributed by atoms with Crippen LogP contribution in [-0.2, 0) is 21.2 Å². The number of hydrogen-bond acceptors (Lipinski definition) is 5. The van der Waals surface area contributed by atoms with Crippen molar-refractivity contribution in [2.24, 2.45) is 0 Å². The van der Waals surface area contributed by atoms with E-state index in [0.717, 1.165) is 24.8 Å². The van der Waals surface area contributed by atoms with Crippen LogP contribution in [0.2, 0.25) is 0 Å². The Bertz CT molecular complexity index is 966. The molecule has 0 heterocycles. The van der Waals surface area contributed by atoms with Gasteiger partial charge in [0.15, 0.2) is 5.78 Å². The van der Waals surface area contributed by atoms with Crippen molar-refractivity contribution in [3.05, 3.63) is 59.7 Å². The third-order valence-electron chi connectivity index (χ3n) is 4.67. The molecule has 3 rings (SSSR count). The van der Waals surface area contributed by atoms with E-state index in [9.17, 15) is 18.0 Å². The highest BCUT2D eigenvalue weighted by Crippen LogP contribution is 2.22. The van der Waals surface area contributed by atoms with Gasteiger partial charge in [-0.2, -0.15) is 0 Å². The summed E-state index contributed by atoms with van der Waals surface area (Å²) < 4.78 is 26.9. The van der Waals surface area contributed by atoms with Gasteiger partial charge in [-0.25, -0.2) is 13.1 Å². The molecular formula is C21H25N3O4S. The zero-order valence-corrected chi connectivity index (χ0v) is 17.1. The summed E-state index contributed by atoms with van der Waals surface area (Å²) in [7, 11) is -3.50. The van der Waals surface area contributed by atoms with Crippen molar-refractivity contribution in [2.45, 2.75) is 50.0 Å². The first-order chi connectivity index (χ1) is 13.9. The summed E-state index contributed by atoms with van der Waals surface area (Å²) in [6.07, 6.45) is 2.82. The Morgan fingerprint density at radius 3 is 2.21 bits per heavy atom. The van der Waals surface area contributed by atoms with Gasteiger partial charge in [-0.1, -0.05) is 31.2 Å². The second-order valence-corrected chi connectivity index (χ2v) is 8.78. The highest BCUT2D eigenvalue weighted by Gasteiger charge is 2.27. The van der Waals surface area contributed by atoms with Crippen LogP contribution >= 0.6 is 0 Å². The van der Waals surface area contributed by atoms with Crippen LogP contribution in [-0.4, -0.2) is 26.2 Å². The molecule has 2 aromatic carbocycles. The molecule has 1 aliphatic carbocycles. The minimum atomic E-state index is -3.50. The van der Waals surface area contributed by atoms with E-state index in [4.69, 9.17) is 0 Å². The highest BCUT2D eigenvalue weighted by molar-refractivity contribution is 7.89. The number of carbonyl (C=O) groups is 2. The van der Waals surface area contributed by atoms with E-state index >= 15 is 0 Å². The third kappa shape index (κ3) is 6.13. The van der Waals surface area contributed by atoms with Crippen molar-refractivity contribution < 1.29 is 18.0 Å². The van der Waals surface area contributed by atoms with E-state index in [0.29, 0.717) is 11.3 Å². The molecule has 1 fully saturated rings. The maximum Gasteiger partial charge on any atom is 0.240 e. The molecule has 0 bridgehead atoms. The Balaban J connectivity index is 1.44. The first-order valence-corrected chi connectivity index (χ1v) is 11.1. The van der Waals surface area contributed by atoms with Crippen LogP contribution in [0.1, 0.15) is 48.5 Å². The molecular weight excluding hydrogens is 390 g/mol. The zero-order valence-electron chi connectivity index (χ0n) is 16.3. The van der Waals surface area contributed by atoms with Gasteiger partial charge in [0.05, 0.1) is 10.6 Å². The monoisotopic (exact) mass is 415 g/mol. The predicted octanol–water partition coefficient (Wildman–Crippen LogP) is 2.80. The smallest absolute Gasteiger partial charge is 0.240 e. The summed E-state index contributed by atoms with van der Waals surface area (Å²) in [6, 6.07) is 13.5. The fourth-order valence-electron chi connectivity index (χ4n) is 2.71. The number of anilines is 1. The Labute approximate surface area is 170 Å². The Hall–Kier alpha value is -2.71. The second-order valence-electron chi connectivity index (χ2n) is 7.07. The molecule has 8 heteroatoms. The van der Waals surface area contributed by atoms with Crippen LogP contribution in [0.4, 0.5) is 5.69 Å². The molecule has 1 saturated carbocycles. The summed E-state index contributed by atoms with van der Waals surface area (Å²) in [6.45, 7) is 2.05. The zero-order chi connectivity index (χ0) is 20.9. The van der Waals surface area contributed by atoms with Crippen LogP contribution in [0.15, 0.2) is 53.4 Å². The van der Waals surface area contributed by atoms with E-state index in [2.05, 4.69) is 15.6 Å². The molecule has 7 nitrogen and oxygen atoms in total. The van der Waals surface area contributed by atoms with Crippen molar-refractivity contribution in [3.63, 3.8) is 0 Å². The number of rotatable bonds is 10. The molecule has 0 saturated heterocycles. The summed E-state index contributed by atoms with van der Waals surface area (Å²) in [5, 5.41) is 0. The summed E-state index contributed by atoms with van der Waals surface area (Å²) >= 11 is 0. The van der Waals surface area contributed by atoms with Gasteiger partial charge >= 0.3 is 0 Å². The molecule has 0 aliphatic heterocycles. The SMILES string of the molecule is CCc1ccc(C(=O)CCC(=O)NNc2ccc(S(=O)(=O)NC3CC3)cc2)cc1. The van der Waals surface area contributed by atoms with Crippen molar-refractivity contribution in [1.82, 2.24) is 10.1 Å². The van der Waals surface area contributed by atoms with Crippen LogP contribution in [0, 0.1) is 0 Å². The summed E-state index contributed by atoms with van der Waals surface area (Å²) in [4.78, 5) is 24.3. The van der Waals surface area contributed by atoms with Gasteiger partial charge < -0.3 is 0 Å².